The Hall–Kier alpha value is -1.06. The zero-order chi connectivity index (χ0) is 13.6. The molecule has 1 unspecified atom stereocenters. The van der Waals surface area contributed by atoms with E-state index in [0.717, 1.165) is 12.2 Å². The van der Waals surface area contributed by atoms with Crippen LogP contribution in [0.1, 0.15) is 38.8 Å². The number of ether oxygens (including phenoxy) is 2. The highest BCUT2D eigenvalue weighted by Crippen LogP contribution is 2.21. The molecule has 0 heterocycles. The van der Waals surface area contributed by atoms with Crippen molar-refractivity contribution in [1.29, 1.82) is 0 Å². The Labute approximate surface area is 110 Å². The molecule has 0 aliphatic heterocycles. The Balaban J connectivity index is 2.65. The van der Waals surface area contributed by atoms with Crippen molar-refractivity contribution >= 4 is 0 Å². The van der Waals surface area contributed by atoms with Crippen LogP contribution in [-0.4, -0.2) is 26.4 Å². The molecule has 0 amide bonds. The Morgan fingerprint density at radius 1 is 1.22 bits per heavy atom. The lowest BCUT2D eigenvalue weighted by Gasteiger charge is -2.27. The van der Waals surface area contributed by atoms with Crippen LogP contribution in [0.3, 0.4) is 0 Å². The van der Waals surface area contributed by atoms with Crippen molar-refractivity contribution in [2.24, 2.45) is 0 Å². The summed E-state index contributed by atoms with van der Waals surface area (Å²) < 4.78 is 11.1. The molecule has 1 N–H and O–H groups in total. The maximum absolute atomic E-state index is 5.95. The molecule has 0 fully saturated rings. The van der Waals surface area contributed by atoms with E-state index in [1.54, 1.807) is 7.11 Å². The molecule has 1 aromatic rings. The van der Waals surface area contributed by atoms with Crippen LogP contribution in [0.5, 0.6) is 5.75 Å². The summed E-state index contributed by atoms with van der Waals surface area (Å²) in [6.07, 6.45) is 1.01. The molecule has 0 radical (unpaired) electrons. The molecule has 3 nitrogen and oxygen atoms in total. The van der Waals surface area contributed by atoms with E-state index in [4.69, 9.17) is 9.47 Å². The highest BCUT2D eigenvalue weighted by Gasteiger charge is 2.18. The van der Waals surface area contributed by atoms with Gasteiger partial charge in [0.2, 0.25) is 0 Å². The molecule has 1 aromatic carbocycles. The third-order valence-electron chi connectivity index (χ3n) is 3.36. The van der Waals surface area contributed by atoms with Gasteiger partial charge in [0, 0.05) is 0 Å². The summed E-state index contributed by atoms with van der Waals surface area (Å²) in [5.74, 6) is 0.878. The van der Waals surface area contributed by atoms with Gasteiger partial charge in [-0.1, -0.05) is 19.1 Å². The Bertz CT molecular complexity index is 346. The fraction of sp³-hybridized carbons (Fsp3) is 0.600. The molecule has 1 atom stereocenters. The average molecular weight is 251 g/mol. The van der Waals surface area contributed by atoms with Crippen LogP contribution in [0.15, 0.2) is 24.3 Å². The zero-order valence-corrected chi connectivity index (χ0v) is 12.1. The van der Waals surface area contributed by atoms with E-state index in [1.807, 2.05) is 19.2 Å². The Kier molecular flexibility index (Phi) is 5.63. The molecule has 0 spiro atoms. The first-order valence-electron chi connectivity index (χ1n) is 6.47. The van der Waals surface area contributed by atoms with Crippen LogP contribution >= 0.6 is 0 Å². The lowest BCUT2D eigenvalue weighted by molar-refractivity contribution is -0.0300. The van der Waals surface area contributed by atoms with Gasteiger partial charge in [-0.15, -0.1) is 0 Å². The van der Waals surface area contributed by atoms with Crippen molar-refractivity contribution in [3.8, 4) is 5.75 Å². The van der Waals surface area contributed by atoms with Crippen LogP contribution in [-0.2, 0) is 4.74 Å². The van der Waals surface area contributed by atoms with E-state index in [9.17, 15) is 0 Å². The molecule has 0 bridgehead atoms. The minimum atomic E-state index is -0.0679. The topological polar surface area (TPSA) is 30.5 Å². The lowest BCUT2D eigenvalue weighted by Crippen LogP contribution is -2.30. The summed E-state index contributed by atoms with van der Waals surface area (Å²) in [6, 6.07) is 8.31. The fourth-order valence-electron chi connectivity index (χ4n) is 1.59. The van der Waals surface area contributed by atoms with Crippen LogP contribution < -0.4 is 10.1 Å². The average Bonchev–Trinajstić information content (AvgIpc) is 2.40. The second-order valence-electron chi connectivity index (χ2n) is 5.04. The number of nitrogens with one attached hydrogen (secondary N) is 1. The molecule has 0 aliphatic carbocycles. The van der Waals surface area contributed by atoms with E-state index >= 15 is 0 Å². The summed E-state index contributed by atoms with van der Waals surface area (Å²) in [7, 11) is 3.63. The third kappa shape index (κ3) is 4.31. The van der Waals surface area contributed by atoms with Crippen molar-refractivity contribution in [2.75, 3.05) is 20.8 Å². The smallest absolute Gasteiger partial charge is 0.118 e. The van der Waals surface area contributed by atoms with Crippen LogP contribution in [0.25, 0.3) is 0 Å². The zero-order valence-electron chi connectivity index (χ0n) is 12.1. The van der Waals surface area contributed by atoms with Gasteiger partial charge in [0.15, 0.2) is 0 Å². The van der Waals surface area contributed by atoms with Gasteiger partial charge in [-0.3, -0.25) is 0 Å². The summed E-state index contributed by atoms with van der Waals surface area (Å²) >= 11 is 0. The Morgan fingerprint density at radius 2 is 1.83 bits per heavy atom. The van der Waals surface area contributed by atoms with Crippen LogP contribution in [0, 0.1) is 0 Å². The first kappa shape index (κ1) is 15.0. The molecule has 102 valence electrons. The molecular formula is C15H25NO2. The van der Waals surface area contributed by atoms with Crippen molar-refractivity contribution < 1.29 is 9.47 Å². The van der Waals surface area contributed by atoms with E-state index in [0.29, 0.717) is 6.61 Å². The fourth-order valence-corrected chi connectivity index (χ4v) is 1.59. The highest BCUT2D eigenvalue weighted by atomic mass is 16.5. The number of rotatable bonds is 7. The monoisotopic (exact) mass is 251 g/mol. The van der Waals surface area contributed by atoms with Gasteiger partial charge in [-0.25, -0.2) is 0 Å². The number of hydrogen-bond acceptors (Lipinski definition) is 3. The Morgan fingerprint density at radius 3 is 2.28 bits per heavy atom. The van der Waals surface area contributed by atoms with E-state index in [-0.39, 0.29) is 11.6 Å². The quantitative estimate of drug-likeness (QED) is 0.807. The highest BCUT2D eigenvalue weighted by molar-refractivity contribution is 5.29. The number of benzene rings is 1. The molecule has 0 saturated carbocycles. The first-order valence-corrected chi connectivity index (χ1v) is 6.47. The van der Waals surface area contributed by atoms with Crippen molar-refractivity contribution in [3.05, 3.63) is 29.8 Å². The summed E-state index contributed by atoms with van der Waals surface area (Å²) in [4.78, 5) is 0. The summed E-state index contributed by atoms with van der Waals surface area (Å²) in [5, 5.41) is 3.29. The van der Waals surface area contributed by atoms with E-state index < -0.39 is 0 Å². The predicted molar refractivity (Wildman–Crippen MR) is 75.1 cm³/mol. The number of methoxy groups -OCH3 is 1. The largest absolute Gasteiger partial charge is 0.497 e. The second-order valence-corrected chi connectivity index (χ2v) is 5.04. The first-order chi connectivity index (χ1) is 8.52. The molecule has 0 aliphatic rings. The van der Waals surface area contributed by atoms with Crippen molar-refractivity contribution in [1.82, 2.24) is 5.32 Å². The second kappa shape index (κ2) is 6.76. The number of likely N-dealkylation sites (N-methyl/N-ethyl adjacent to an activating group) is 1. The van der Waals surface area contributed by atoms with E-state index in [1.165, 1.54) is 5.56 Å². The van der Waals surface area contributed by atoms with Crippen LogP contribution in [0.4, 0.5) is 0 Å². The summed E-state index contributed by atoms with van der Waals surface area (Å²) in [6.45, 7) is 7.05. The van der Waals surface area contributed by atoms with Crippen molar-refractivity contribution in [3.63, 3.8) is 0 Å². The lowest BCUT2D eigenvalue weighted by atomic mass is 10.1. The molecule has 0 saturated heterocycles. The van der Waals surface area contributed by atoms with Gasteiger partial charge >= 0.3 is 0 Å². The molecule has 1 rings (SSSR count). The third-order valence-corrected chi connectivity index (χ3v) is 3.36. The van der Waals surface area contributed by atoms with Gasteiger partial charge in [0.1, 0.15) is 5.75 Å². The maximum Gasteiger partial charge on any atom is 0.118 e. The molecular weight excluding hydrogens is 226 g/mol. The van der Waals surface area contributed by atoms with E-state index in [2.05, 4.69) is 38.2 Å². The normalized spacial score (nSPS) is 13.4. The van der Waals surface area contributed by atoms with Gasteiger partial charge < -0.3 is 14.8 Å². The SMILES string of the molecule is CCC(C)(C)OCC(NC)c1ccc(OC)cc1. The molecule has 3 heteroatoms. The maximum atomic E-state index is 5.95. The molecule has 18 heavy (non-hydrogen) atoms. The number of hydrogen-bond donors (Lipinski definition) is 1. The summed E-state index contributed by atoms with van der Waals surface area (Å²) in [5.41, 5.74) is 1.15. The molecule has 0 aromatic heterocycles. The minimum Gasteiger partial charge on any atom is -0.497 e. The minimum absolute atomic E-state index is 0.0679. The van der Waals surface area contributed by atoms with Gasteiger partial charge in [0.25, 0.3) is 0 Å². The predicted octanol–water partition coefficient (Wildman–Crippen LogP) is 3.16. The van der Waals surface area contributed by atoms with Crippen LogP contribution in [0.2, 0.25) is 0 Å². The van der Waals surface area contributed by atoms with Gasteiger partial charge in [-0.05, 0) is 45.0 Å². The van der Waals surface area contributed by atoms with Gasteiger partial charge in [-0.2, -0.15) is 0 Å². The standard InChI is InChI=1S/C15H25NO2/c1-6-15(2,3)18-11-14(16-4)12-7-9-13(17-5)10-8-12/h7-10,14,16H,6,11H2,1-5H3. The van der Waals surface area contributed by atoms with Crippen molar-refractivity contribution in [2.45, 2.75) is 38.8 Å². The van der Waals surface area contributed by atoms with Gasteiger partial charge in [0.05, 0.1) is 25.4 Å².